The minimum atomic E-state index is -0.246. The predicted octanol–water partition coefficient (Wildman–Crippen LogP) is 3.31. The van der Waals surface area contributed by atoms with Crippen molar-refractivity contribution in [1.82, 2.24) is 10.3 Å². The van der Waals surface area contributed by atoms with E-state index in [1.54, 1.807) is 42.8 Å². The fraction of sp³-hybridized carbons (Fsp3) is 0.105. The van der Waals surface area contributed by atoms with E-state index in [9.17, 15) is 9.59 Å². The summed E-state index contributed by atoms with van der Waals surface area (Å²) in [5.41, 5.74) is 2.55. The number of hydrogen-bond donors (Lipinski definition) is 3. The fourth-order valence-electron chi connectivity index (χ4n) is 2.36. The molecule has 0 fully saturated rings. The molecule has 7 nitrogen and oxygen atoms in total. The predicted molar refractivity (Wildman–Crippen MR) is 98.1 cm³/mol. The van der Waals surface area contributed by atoms with E-state index >= 15 is 0 Å². The maximum Gasteiger partial charge on any atom is 0.253 e. The number of benzene rings is 1. The van der Waals surface area contributed by atoms with E-state index < -0.39 is 0 Å². The number of carbonyl (C=O) groups excluding carboxylic acids is 2. The van der Waals surface area contributed by atoms with Gasteiger partial charge in [-0.3, -0.25) is 14.6 Å². The minimum absolute atomic E-state index is 0.140. The lowest BCUT2D eigenvalue weighted by molar-refractivity contribution is -0.114. The van der Waals surface area contributed by atoms with Gasteiger partial charge in [-0.1, -0.05) is 6.07 Å². The van der Waals surface area contributed by atoms with Gasteiger partial charge in [0.05, 0.1) is 30.3 Å². The molecule has 0 unspecified atom stereocenters. The zero-order chi connectivity index (χ0) is 18.4. The van der Waals surface area contributed by atoms with Crippen LogP contribution in [0.3, 0.4) is 0 Å². The Morgan fingerprint density at radius 1 is 1.04 bits per heavy atom. The standard InChI is InChI=1S/C19H18N4O3/c1-13(24)22-15-4-2-5-16(9-15)23-17-8-14(10-20-11-17)19(25)21-12-18-6-3-7-26-18/h2-11,23H,12H2,1H3,(H,21,25)(H,22,24). The smallest absolute Gasteiger partial charge is 0.253 e. The highest BCUT2D eigenvalue weighted by molar-refractivity contribution is 5.95. The maximum absolute atomic E-state index is 12.3. The molecule has 0 radical (unpaired) electrons. The van der Waals surface area contributed by atoms with E-state index in [-0.39, 0.29) is 11.8 Å². The Morgan fingerprint density at radius 3 is 2.65 bits per heavy atom. The number of rotatable bonds is 6. The lowest BCUT2D eigenvalue weighted by Crippen LogP contribution is -2.22. The number of furan rings is 1. The van der Waals surface area contributed by atoms with E-state index in [4.69, 9.17) is 4.42 Å². The molecule has 0 aliphatic carbocycles. The van der Waals surface area contributed by atoms with Crippen LogP contribution in [-0.4, -0.2) is 16.8 Å². The molecule has 2 heterocycles. The monoisotopic (exact) mass is 350 g/mol. The number of aromatic nitrogens is 1. The minimum Gasteiger partial charge on any atom is -0.467 e. The number of nitrogens with one attached hydrogen (secondary N) is 3. The first-order valence-electron chi connectivity index (χ1n) is 8.00. The van der Waals surface area contributed by atoms with Crippen molar-refractivity contribution in [3.05, 3.63) is 72.4 Å². The summed E-state index contributed by atoms with van der Waals surface area (Å²) in [6.07, 6.45) is 4.67. The van der Waals surface area contributed by atoms with Gasteiger partial charge in [0.2, 0.25) is 5.91 Å². The molecule has 0 saturated heterocycles. The maximum atomic E-state index is 12.3. The van der Waals surface area contributed by atoms with Crippen molar-refractivity contribution >= 4 is 28.9 Å². The summed E-state index contributed by atoms with van der Waals surface area (Å²) in [5, 5.41) is 8.67. The molecule has 0 atom stereocenters. The Morgan fingerprint density at radius 2 is 1.88 bits per heavy atom. The SMILES string of the molecule is CC(=O)Nc1cccc(Nc2cncc(C(=O)NCc3ccco3)c2)c1. The third kappa shape index (κ3) is 4.70. The second kappa shape index (κ2) is 7.98. The fourth-order valence-corrected chi connectivity index (χ4v) is 2.36. The van der Waals surface area contributed by atoms with Gasteiger partial charge in [-0.2, -0.15) is 0 Å². The summed E-state index contributed by atoms with van der Waals surface area (Å²) in [5.74, 6) is 0.291. The van der Waals surface area contributed by atoms with Crippen LogP contribution < -0.4 is 16.0 Å². The molecule has 0 aliphatic heterocycles. The van der Waals surface area contributed by atoms with E-state index in [2.05, 4.69) is 20.9 Å². The lowest BCUT2D eigenvalue weighted by atomic mass is 10.2. The molecule has 26 heavy (non-hydrogen) atoms. The second-order valence-electron chi connectivity index (χ2n) is 5.61. The molecular formula is C19H18N4O3. The normalized spacial score (nSPS) is 10.2. The molecular weight excluding hydrogens is 332 g/mol. The first-order valence-corrected chi connectivity index (χ1v) is 8.00. The summed E-state index contributed by atoms with van der Waals surface area (Å²) < 4.78 is 5.19. The van der Waals surface area contributed by atoms with Gasteiger partial charge in [0.25, 0.3) is 5.91 Å². The Bertz CT molecular complexity index is 907. The molecule has 132 valence electrons. The highest BCUT2D eigenvalue weighted by atomic mass is 16.3. The van der Waals surface area contributed by atoms with Gasteiger partial charge >= 0.3 is 0 Å². The van der Waals surface area contributed by atoms with Crippen molar-refractivity contribution in [3.8, 4) is 0 Å². The first kappa shape index (κ1) is 17.2. The van der Waals surface area contributed by atoms with Crippen LogP contribution >= 0.6 is 0 Å². The third-order valence-electron chi connectivity index (χ3n) is 3.48. The molecule has 0 bridgehead atoms. The van der Waals surface area contributed by atoms with Gasteiger partial charge in [0.15, 0.2) is 0 Å². The average molecular weight is 350 g/mol. The molecule has 7 heteroatoms. The van der Waals surface area contributed by atoms with Crippen LogP contribution in [0.5, 0.6) is 0 Å². The van der Waals surface area contributed by atoms with Gasteiger partial charge in [-0.05, 0) is 36.4 Å². The Hall–Kier alpha value is -3.61. The molecule has 1 aromatic carbocycles. The summed E-state index contributed by atoms with van der Waals surface area (Å²) in [7, 11) is 0. The summed E-state index contributed by atoms with van der Waals surface area (Å²) in [6, 6.07) is 12.5. The molecule has 0 saturated carbocycles. The molecule has 2 aromatic heterocycles. The van der Waals surface area contributed by atoms with Gasteiger partial charge < -0.3 is 20.4 Å². The van der Waals surface area contributed by atoms with E-state index in [1.165, 1.54) is 13.1 Å². The van der Waals surface area contributed by atoms with Gasteiger partial charge in [-0.25, -0.2) is 0 Å². The van der Waals surface area contributed by atoms with E-state index in [1.807, 2.05) is 12.1 Å². The van der Waals surface area contributed by atoms with Crippen molar-refractivity contribution < 1.29 is 14.0 Å². The van der Waals surface area contributed by atoms with Crippen molar-refractivity contribution in [2.75, 3.05) is 10.6 Å². The molecule has 2 amide bonds. The van der Waals surface area contributed by atoms with Crippen molar-refractivity contribution in [1.29, 1.82) is 0 Å². The van der Waals surface area contributed by atoms with Crippen LogP contribution in [-0.2, 0) is 11.3 Å². The summed E-state index contributed by atoms with van der Waals surface area (Å²) >= 11 is 0. The van der Waals surface area contributed by atoms with Crippen LogP contribution in [0.25, 0.3) is 0 Å². The van der Waals surface area contributed by atoms with E-state index in [0.29, 0.717) is 29.2 Å². The quantitative estimate of drug-likeness (QED) is 0.634. The number of anilines is 3. The summed E-state index contributed by atoms with van der Waals surface area (Å²) in [4.78, 5) is 27.5. The van der Waals surface area contributed by atoms with Gasteiger partial charge in [0.1, 0.15) is 5.76 Å². The van der Waals surface area contributed by atoms with Crippen molar-refractivity contribution in [2.45, 2.75) is 13.5 Å². The highest BCUT2D eigenvalue weighted by Crippen LogP contribution is 2.20. The van der Waals surface area contributed by atoms with Crippen LogP contribution in [0.2, 0.25) is 0 Å². The van der Waals surface area contributed by atoms with Gasteiger partial charge in [0, 0.05) is 24.5 Å². The third-order valence-corrected chi connectivity index (χ3v) is 3.48. The largest absolute Gasteiger partial charge is 0.467 e. The zero-order valence-electron chi connectivity index (χ0n) is 14.2. The van der Waals surface area contributed by atoms with Crippen LogP contribution in [0.15, 0.2) is 65.5 Å². The average Bonchev–Trinajstić information content (AvgIpc) is 3.13. The first-order chi connectivity index (χ1) is 12.6. The Kier molecular flexibility index (Phi) is 5.28. The number of nitrogens with zero attached hydrogens (tertiary/aromatic N) is 1. The molecule has 3 rings (SSSR count). The number of hydrogen-bond acceptors (Lipinski definition) is 5. The summed E-state index contributed by atoms with van der Waals surface area (Å²) in [6.45, 7) is 1.76. The topological polar surface area (TPSA) is 96.3 Å². The Labute approximate surface area is 150 Å². The zero-order valence-corrected chi connectivity index (χ0v) is 14.2. The van der Waals surface area contributed by atoms with Crippen LogP contribution in [0, 0.1) is 0 Å². The lowest BCUT2D eigenvalue weighted by Gasteiger charge is -2.10. The number of carbonyl (C=O) groups is 2. The Balaban J connectivity index is 1.67. The molecule has 0 spiro atoms. The van der Waals surface area contributed by atoms with Crippen LogP contribution in [0.4, 0.5) is 17.1 Å². The van der Waals surface area contributed by atoms with Crippen molar-refractivity contribution in [2.24, 2.45) is 0 Å². The van der Waals surface area contributed by atoms with Gasteiger partial charge in [-0.15, -0.1) is 0 Å². The highest BCUT2D eigenvalue weighted by Gasteiger charge is 2.08. The molecule has 0 aliphatic rings. The number of amides is 2. The van der Waals surface area contributed by atoms with Crippen molar-refractivity contribution in [3.63, 3.8) is 0 Å². The molecule has 3 aromatic rings. The number of pyridine rings is 1. The van der Waals surface area contributed by atoms with Crippen LogP contribution in [0.1, 0.15) is 23.0 Å². The molecule has 3 N–H and O–H groups in total. The van der Waals surface area contributed by atoms with E-state index in [0.717, 1.165) is 5.69 Å². The second-order valence-corrected chi connectivity index (χ2v) is 5.61.